The van der Waals surface area contributed by atoms with Crippen molar-refractivity contribution in [2.45, 2.75) is 37.9 Å². The SMILES string of the molecule is Cn1nccc1[C@H](NC(=O)N1CCc2cnc(NC3CCOCC3)nc2C1)c1ccc(Cl)c(F)c1. The Morgan fingerprint density at radius 1 is 1.29 bits per heavy atom. The molecule has 0 spiro atoms. The predicted molar refractivity (Wildman–Crippen MR) is 129 cm³/mol. The predicted octanol–water partition coefficient (Wildman–Crippen LogP) is 3.45. The van der Waals surface area contributed by atoms with Gasteiger partial charge >= 0.3 is 6.03 Å². The lowest BCUT2D eigenvalue weighted by atomic mass is 10.0. The van der Waals surface area contributed by atoms with Gasteiger partial charge in [0.2, 0.25) is 5.95 Å². The summed E-state index contributed by atoms with van der Waals surface area (Å²) in [6, 6.07) is 5.75. The third kappa shape index (κ3) is 5.23. The molecule has 2 aromatic heterocycles. The largest absolute Gasteiger partial charge is 0.381 e. The molecule has 184 valence electrons. The van der Waals surface area contributed by atoms with Gasteiger partial charge in [0.15, 0.2) is 0 Å². The smallest absolute Gasteiger partial charge is 0.318 e. The average Bonchev–Trinajstić information content (AvgIpc) is 3.29. The molecule has 0 radical (unpaired) electrons. The summed E-state index contributed by atoms with van der Waals surface area (Å²) < 4.78 is 21.3. The van der Waals surface area contributed by atoms with Crippen LogP contribution in [0.2, 0.25) is 5.02 Å². The topological polar surface area (TPSA) is 97.2 Å². The minimum absolute atomic E-state index is 0.0290. The first-order valence-electron chi connectivity index (χ1n) is 11.7. The number of ether oxygens (including phenoxy) is 1. The fraction of sp³-hybridized carbons (Fsp3) is 0.417. The summed E-state index contributed by atoms with van der Waals surface area (Å²) in [6.45, 7) is 2.35. The number of hydrogen-bond donors (Lipinski definition) is 2. The molecule has 4 heterocycles. The number of amides is 2. The fourth-order valence-corrected chi connectivity index (χ4v) is 4.59. The minimum atomic E-state index is -0.598. The fourth-order valence-electron chi connectivity index (χ4n) is 4.47. The molecule has 5 rings (SSSR count). The molecule has 2 aliphatic heterocycles. The highest BCUT2D eigenvalue weighted by Gasteiger charge is 2.27. The Balaban J connectivity index is 1.33. The molecule has 2 N–H and O–H groups in total. The van der Waals surface area contributed by atoms with Gasteiger partial charge in [-0.05, 0) is 48.6 Å². The van der Waals surface area contributed by atoms with E-state index in [1.807, 2.05) is 6.20 Å². The van der Waals surface area contributed by atoms with Crippen LogP contribution in [0.5, 0.6) is 0 Å². The number of carbonyl (C=O) groups excluding carboxylic acids is 1. The number of aromatic nitrogens is 4. The van der Waals surface area contributed by atoms with Crippen molar-refractivity contribution in [3.63, 3.8) is 0 Å². The van der Waals surface area contributed by atoms with Gasteiger partial charge in [-0.25, -0.2) is 19.2 Å². The van der Waals surface area contributed by atoms with Crippen molar-refractivity contribution in [1.29, 1.82) is 0 Å². The summed E-state index contributed by atoms with van der Waals surface area (Å²) in [7, 11) is 1.78. The number of carbonyl (C=O) groups is 1. The Bertz CT molecular complexity index is 1210. The normalized spacial score (nSPS) is 17.1. The quantitative estimate of drug-likeness (QED) is 0.558. The van der Waals surface area contributed by atoms with E-state index in [4.69, 9.17) is 21.3 Å². The van der Waals surface area contributed by atoms with Crippen LogP contribution in [0.4, 0.5) is 15.1 Å². The van der Waals surface area contributed by atoms with Crippen LogP contribution >= 0.6 is 11.6 Å². The Morgan fingerprint density at radius 2 is 2.11 bits per heavy atom. The molecule has 1 atom stereocenters. The van der Waals surface area contributed by atoms with E-state index in [-0.39, 0.29) is 17.1 Å². The molecule has 11 heteroatoms. The number of rotatable bonds is 5. The lowest BCUT2D eigenvalue weighted by molar-refractivity contribution is 0.0903. The minimum Gasteiger partial charge on any atom is -0.381 e. The van der Waals surface area contributed by atoms with Crippen LogP contribution in [0.15, 0.2) is 36.7 Å². The highest BCUT2D eigenvalue weighted by atomic mass is 35.5. The zero-order valence-corrected chi connectivity index (χ0v) is 20.1. The molecule has 0 aliphatic carbocycles. The lowest BCUT2D eigenvalue weighted by Gasteiger charge is -2.31. The first-order chi connectivity index (χ1) is 17.0. The van der Waals surface area contributed by atoms with Crippen LogP contribution in [-0.4, -0.2) is 56.5 Å². The molecule has 2 amide bonds. The van der Waals surface area contributed by atoms with E-state index in [0.29, 0.717) is 31.0 Å². The van der Waals surface area contributed by atoms with E-state index in [0.717, 1.165) is 43.0 Å². The van der Waals surface area contributed by atoms with Gasteiger partial charge in [-0.1, -0.05) is 17.7 Å². The standard InChI is InChI=1S/C24H27ClFN7O2/c1-32-21(4-8-28-32)22(15-2-3-18(25)19(26)12-15)31-24(34)33-9-5-16-13-27-23(30-20(16)14-33)29-17-6-10-35-11-7-17/h2-4,8,12-13,17,22H,5-7,9-11,14H2,1H3,(H,31,34)(H,27,29,30)/t22-/m1/s1. The van der Waals surface area contributed by atoms with Gasteiger partial charge in [-0.15, -0.1) is 0 Å². The third-order valence-corrected chi connectivity index (χ3v) is 6.79. The summed E-state index contributed by atoms with van der Waals surface area (Å²) in [4.78, 5) is 24.2. The molecule has 35 heavy (non-hydrogen) atoms. The third-order valence-electron chi connectivity index (χ3n) is 6.49. The average molecular weight is 500 g/mol. The van der Waals surface area contributed by atoms with Crippen LogP contribution in [0.1, 0.15) is 41.4 Å². The molecule has 0 unspecified atom stereocenters. The van der Waals surface area contributed by atoms with Crippen LogP contribution < -0.4 is 10.6 Å². The van der Waals surface area contributed by atoms with E-state index < -0.39 is 11.9 Å². The molecule has 3 aromatic rings. The molecule has 2 aliphatic rings. The summed E-state index contributed by atoms with van der Waals surface area (Å²) in [6.07, 6.45) is 5.97. The molecule has 1 fully saturated rings. The van der Waals surface area contributed by atoms with Crippen molar-refractivity contribution in [2.75, 3.05) is 25.1 Å². The van der Waals surface area contributed by atoms with Crippen molar-refractivity contribution in [2.24, 2.45) is 7.05 Å². The van der Waals surface area contributed by atoms with Gasteiger partial charge in [0, 0.05) is 45.2 Å². The monoisotopic (exact) mass is 499 g/mol. The molecular formula is C24H27ClFN7O2. The second kappa shape index (κ2) is 10.2. The van der Waals surface area contributed by atoms with Crippen molar-refractivity contribution >= 4 is 23.6 Å². The number of hydrogen-bond acceptors (Lipinski definition) is 6. The highest BCUT2D eigenvalue weighted by molar-refractivity contribution is 6.30. The summed E-state index contributed by atoms with van der Waals surface area (Å²) in [5.74, 6) is 0.0288. The second-order valence-electron chi connectivity index (χ2n) is 8.80. The van der Waals surface area contributed by atoms with Crippen LogP contribution in [-0.2, 0) is 24.8 Å². The zero-order chi connectivity index (χ0) is 24.4. The number of nitrogens with one attached hydrogen (secondary N) is 2. The summed E-state index contributed by atoms with van der Waals surface area (Å²) >= 11 is 5.88. The Morgan fingerprint density at radius 3 is 2.86 bits per heavy atom. The lowest BCUT2D eigenvalue weighted by Crippen LogP contribution is -2.45. The maximum Gasteiger partial charge on any atom is 0.318 e. The van der Waals surface area contributed by atoms with Crippen LogP contribution in [0.3, 0.4) is 0 Å². The van der Waals surface area contributed by atoms with Gasteiger partial charge < -0.3 is 20.3 Å². The van der Waals surface area contributed by atoms with Gasteiger partial charge in [0.05, 0.1) is 29.0 Å². The summed E-state index contributed by atoms with van der Waals surface area (Å²) in [5.41, 5.74) is 3.16. The number of anilines is 1. The molecule has 1 saturated heterocycles. The van der Waals surface area contributed by atoms with Gasteiger partial charge in [-0.2, -0.15) is 5.10 Å². The van der Waals surface area contributed by atoms with Crippen molar-refractivity contribution in [3.8, 4) is 0 Å². The van der Waals surface area contributed by atoms with Crippen LogP contribution in [0.25, 0.3) is 0 Å². The molecular weight excluding hydrogens is 473 g/mol. The van der Waals surface area contributed by atoms with Gasteiger partial charge in [0.25, 0.3) is 0 Å². The van der Waals surface area contributed by atoms with Crippen molar-refractivity contribution < 1.29 is 13.9 Å². The van der Waals surface area contributed by atoms with Gasteiger partial charge in [-0.3, -0.25) is 4.68 Å². The van der Waals surface area contributed by atoms with E-state index in [1.165, 1.54) is 12.1 Å². The van der Waals surface area contributed by atoms with E-state index in [2.05, 4.69) is 20.7 Å². The molecule has 0 bridgehead atoms. The molecule has 0 saturated carbocycles. The Hall–Kier alpha value is -3.24. The molecule has 1 aromatic carbocycles. The number of nitrogens with zero attached hydrogens (tertiary/aromatic N) is 5. The number of halogens is 2. The van der Waals surface area contributed by atoms with Crippen molar-refractivity contribution in [3.05, 3.63) is 70.0 Å². The first kappa shape index (κ1) is 23.5. The zero-order valence-electron chi connectivity index (χ0n) is 19.4. The maximum absolute atomic E-state index is 14.2. The number of fused-ring (bicyclic) bond motifs is 1. The second-order valence-corrected chi connectivity index (χ2v) is 9.21. The number of aryl methyl sites for hydroxylation is 1. The van der Waals surface area contributed by atoms with Gasteiger partial charge in [0.1, 0.15) is 5.82 Å². The van der Waals surface area contributed by atoms with E-state index in [1.54, 1.807) is 35.0 Å². The number of benzene rings is 1. The first-order valence-corrected chi connectivity index (χ1v) is 12.0. The Kier molecular flexibility index (Phi) is 6.83. The summed E-state index contributed by atoms with van der Waals surface area (Å²) in [5, 5.41) is 10.7. The van der Waals surface area contributed by atoms with E-state index in [9.17, 15) is 9.18 Å². The maximum atomic E-state index is 14.2. The van der Waals surface area contributed by atoms with E-state index >= 15 is 0 Å². The van der Waals surface area contributed by atoms with Crippen LogP contribution in [0, 0.1) is 5.82 Å². The van der Waals surface area contributed by atoms with Crippen molar-refractivity contribution in [1.82, 2.24) is 30.0 Å². The number of urea groups is 1. The molecule has 9 nitrogen and oxygen atoms in total. The Labute approximate surface area is 207 Å². The highest BCUT2D eigenvalue weighted by Crippen LogP contribution is 2.26.